The van der Waals surface area contributed by atoms with E-state index in [-0.39, 0.29) is 0 Å². The Bertz CT molecular complexity index is 561. The molecule has 3 nitrogen and oxygen atoms in total. The summed E-state index contributed by atoms with van der Waals surface area (Å²) in [6.07, 6.45) is 2.95. The molecule has 1 heterocycles. The summed E-state index contributed by atoms with van der Waals surface area (Å²) < 4.78 is 0. The Kier molecular flexibility index (Phi) is 5.34. The molecule has 0 fully saturated rings. The van der Waals surface area contributed by atoms with Crippen LogP contribution in [0.5, 0.6) is 0 Å². The van der Waals surface area contributed by atoms with E-state index in [1.807, 2.05) is 12.3 Å². The fourth-order valence-corrected chi connectivity index (χ4v) is 2.18. The van der Waals surface area contributed by atoms with Gasteiger partial charge in [-0.15, -0.1) is 0 Å². The first-order valence-corrected chi connectivity index (χ1v) is 7.61. The minimum absolute atomic E-state index is 0.467. The molecule has 0 aliphatic heterocycles. The first-order valence-electron chi connectivity index (χ1n) is 7.61. The van der Waals surface area contributed by atoms with Crippen molar-refractivity contribution in [2.45, 2.75) is 39.8 Å². The van der Waals surface area contributed by atoms with Crippen molar-refractivity contribution in [2.75, 3.05) is 11.9 Å². The Hall–Kier alpha value is -1.87. The number of aryl methyl sites for hydroxylation is 1. The van der Waals surface area contributed by atoms with Crippen LogP contribution in [0, 0.1) is 0 Å². The van der Waals surface area contributed by atoms with Gasteiger partial charge in [-0.05, 0) is 36.2 Å². The van der Waals surface area contributed by atoms with Crippen molar-refractivity contribution in [3.8, 4) is 0 Å². The van der Waals surface area contributed by atoms with E-state index in [2.05, 4.69) is 73.4 Å². The minimum Gasteiger partial charge on any atom is -0.345 e. The summed E-state index contributed by atoms with van der Waals surface area (Å²) in [6, 6.07) is 13.4. The van der Waals surface area contributed by atoms with Crippen LogP contribution in [-0.4, -0.2) is 18.1 Å². The number of hydrogen-bond acceptors (Lipinski definition) is 3. The second kappa shape index (κ2) is 7.23. The summed E-state index contributed by atoms with van der Waals surface area (Å²) in [6.45, 7) is 7.26. The van der Waals surface area contributed by atoms with Crippen LogP contribution in [0.4, 0.5) is 11.4 Å². The van der Waals surface area contributed by atoms with Gasteiger partial charge < -0.3 is 10.2 Å². The van der Waals surface area contributed by atoms with Gasteiger partial charge in [0.1, 0.15) is 0 Å². The number of benzene rings is 1. The van der Waals surface area contributed by atoms with Crippen LogP contribution in [0.2, 0.25) is 0 Å². The van der Waals surface area contributed by atoms with E-state index in [1.54, 1.807) is 0 Å². The van der Waals surface area contributed by atoms with Crippen LogP contribution in [0.3, 0.4) is 0 Å². The third-order valence-corrected chi connectivity index (χ3v) is 3.61. The van der Waals surface area contributed by atoms with E-state index >= 15 is 0 Å². The molecule has 0 bridgehead atoms. The molecule has 0 aliphatic carbocycles. The number of nitrogens with one attached hydrogen (secondary N) is 1. The molecule has 2 rings (SSSR count). The van der Waals surface area contributed by atoms with E-state index < -0.39 is 0 Å². The number of anilines is 2. The highest BCUT2D eigenvalue weighted by Gasteiger charge is 2.06. The predicted molar refractivity (Wildman–Crippen MR) is 90.1 cm³/mol. The van der Waals surface area contributed by atoms with Crippen molar-refractivity contribution in [1.29, 1.82) is 0 Å². The minimum atomic E-state index is 0.467. The summed E-state index contributed by atoms with van der Waals surface area (Å²) in [5.41, 5.74) is 4.79. The molecule has 2 aromatic rings. The van der Waals surface area contributed by atoms with Crippen molar-refractivity contribution in [3.05, 3.63) is 53.9 Å². The topological polar surface area (TPSA) is 28.2 Å². The molecule has 3 heteroatoms. The summed E-state index contributed by atoms with van der Waals surface area (Å²) in [5, 5.41) is 3.40. The zero-order valence-corrected chi connectivity index (χ0v) is 13.4. The van der Waals surface area contributed by atoms with Gasteiger partial charge in [0, 0.05) is 37.2 Å². The summed E-state index contributed by atoms with van der Waals surface area (Å²) in [7, 11) is 2.09. The second-order valence-electron chi connectivity index (χ2n) is 5.62. The van der Waals surface area contributed by atoms with Gasteiger partial charge in [-0.1, -0.05) is 32.9 Å². The quantitative estimate of drug-likeness (QED) is 0.871. The van der Waals surface area contributed by atoms with Gasteiger partial charge in [0.15, 0.2) is 0 Å². The van der Waals surface area contributed by atoms with Crippen LogP contribution in [-0.2, 0) is 13.0 Å². The zero-order valence-electron chi connectivity index (χ0n) is 13.4. The SMILES string of the molecule is CCc1ccc(N(C)c2ccnc(CNC(C)C)c2)cc1. The lowest BCUT2D eigenvalue weighted by Crippen LogP contribution is -2.22. The summed E-state index contributed by atoms with van der Waals surface area (Å²) >= 11 is 0. The molecule has 0 spiro atoms. The average Bonchev–Trinajstić information content (AvgIpc) is 2.52. The van der Waals surface area contributed by atoms with Gasteiger partial charge in [-0.2, -0.15) is 0 Å². The molecule has 0 radical (unpaired) electrons. The molecule has 0 atom stereocenters. The van der Waals surface area contributed by atoms with Crippen LogP contribution >= 0.6 is 0 Å². The average molecular weight is 283 g/mol. The van der Waals surface area contributed by atoms with Gasteiger partial charge in [-0.3, -0.25) is 4.98 Å². The monoisotopic (exact) mass is 283 g/mol. The molecular formula is C18H25N3. The van der Waals surface area contributed by atoms with Crippen molar-refractivity contribution < 1.29 is 0 Å². The standard InChI is InChI=1S/C18H25N3/c1-5-15-6-8-17(9-7-15)21(4)18-10-11-19-16(12-18)13-20-14(2)3/h6-12,14,20H,5,13H2,1-4H3. The molecule has 0 saturated carbocycles. The van der Waals surface area contributed by atoms with Crippen molar-refractivity contribution in [3.63, 3.8) is 0 Å². The highest BCUT2D eigenvalue weighted by molar-refractivity contribution is 5.62. The van der Waals surface area contributed by atoms with Crippen LogP contribution in [0.25, 0.3) is 0 Å². The number of pyridine rings is 1. The maximum atomic E-state index is 4.43. The summed E-state index contributed by atoms with van der Waals surface area (Å²) in [5.74, 6) is 0. The maximum absolute atomic E-state index is 4.43. The number of rotatable bonds is 6. The highest BCUT2D eigenvalue weighted by Crippen LogP contribution is 2.24. The molecule has 1 N–H and O–H groups in total. The lowest BCUT2D eigenvalue weighted by Gasteiger charge is -2.20. The van der Waals surface area contributed by atoms with Crippen molar-refractivity contribution in [2.24, 2.45) is 0 Å². The maximum Gasteiger partial charge on any atom is 0.0562 e. The highest BCUT2D eigenvalue weighted by atomic mass is 15.1. The molecule has 1 aromatic heterocycles. The van der Waals surface area contributed by atoms with Crippen LogP contribution < -0.4 is 10.2 Å². The third kappa shape index (κ3) is 4.30. The fraction of sp³-hybridized carbons (Fsp3) is 0.389. The number of nitrogens with zero attached hydrogens (tertiary/aromatic N) is 2. The Morgan fingerprint density at radius 2 is 1.81 bits per heavy atom. The number of aromatic nitrogens is 1. The zero-order chi connectivity index (χ0) is 15.2. The first-order chi connectivity index (χ1) is 10.1. The van der Waals surface area contributed by atoms with Gasteiger partial charge in [-0.25, -0.2) is 0 Å². The Morgan fingerprint density at radius 1 is 1.10 bits per heavy atom. The van der Waals surface area contributed by atoms with E-state index in [1.165, 1.54) is 11.3 Å². The molecule has 1 aromatic carbocycles. The van der Waals surface area contributed by atoms with Crippen molar-refractivity contribution in [1.82, 2.24) is 10.3 Å². The van der Waals surface area contributed by atoms with E-state index in [0.717, 1.165) is 24.3 Å². The van der Waals surface area contributed by atoms with E-state index in [9.17, 15) is 0 Å². The molecule has 112 valence electrons. The largest absolute Gasteiger partial charge is 0.345 e. The normalized spacial score (nSPS) is 10.9. The van der Waals surface area contributed by atoms with Crippen molar-refractivity contribution >= 4 is 11.4 Å². The second-order valence-corrected chi connectivity index (χ2v) is 5.62. The first kappa shape index (κ1) is 15.5. The van der Waals surface area contributed by atoms with Gasteiger partial charge in [0.25, 0.3) is 0 Å². The van der Waals surface area contributed by atoms with E-state index in [4.69, 9.17) is 0 Å². The van der Waals surface area contributed by atoms with Crippen LogP contribution in [0.1, 0.15) is 32.0 Å². The molecule has 0 saturated heterocycles. The summed E-state index contributed by atoms with van der Waals surface area (Å²) in [4.78, 5) is 6.62. The van der Waals surface area contributed by atoms with Crippen LogP contribution in [0.15, 0.2) is 42.6 Å². The molecule has 0 aliphatic rings. The number of hydrogen-bond donors (Lipinski definition) is 1. The van der Waals surface area contributed by atoms with E-state index in [0.29, 0.717) is 6.04 Å². The Balaban J connectivity index is 2.14. The Morgan fingerprint density at radius 3 is 2.43 bits per heavy atom. The Labute approximate surface area is 128 Å². The molecule has 0 amide bonds. The van der Waals surface area contributed by atoms with Gasteiger partial charge in [0.2, 0.25) is 0 Å². The van der Waals surface area contributed by atoms with Gasteiger partial charge in [0.05, 0.1) is 5.69 Å². The third-order valence-electron chi connectivity index (χ3n) is 3.61. The smallest absolute Gasteiger partial charge is 0.0562 e. The predicted octanol–water partition coefficient (Wildman–Crippen LogP) is 3.91. The molecule has 21 heavy (non-hydrogen) atoms. The lowest BCUT2D eigenvalue weighted by atomic mass is 10.1. The van der Waals surface area contributed by atoms with Gasteiger partial charge >= 0.3 is 0 Å². The lowest BCUT2D eigenvalue weighted by molar-refractivity contribution is 0.581. The molecular weight excluding hydrogens is 258 g/mol. The fourth-order valence-electron chi connectivity index (χ4n) is 2.18. The molecule has 0 unspecified atom stereocenters.